The Kier molecular flexibility index (Phi) is 9.71. The van der Waals surface area contributed by atoms with Crippen LogP contribution < -0.4 is 4.74 Å². The van der Waals surface area contributed by atoms with Gasteiger partial charge in [-0.2, -0.15) is 48.3 Å². The summed E-state index contributed by atoms with van der Waals surface area (Å²) in [6, 6.07) is 5.86. The van der Waals surface area contributed by atoms with Crippen molar-refractivity contribution in [1.29, 1.82) is 0 Å². The number of hydrogen-bond acceptors (Lipinski definition) is 7. The topological polar surface area (TPSA) is 82.9 Å². The molecule has 0 saturated carbocycles. The smallest absolute Gasteiger partial charge is 0.483 e. The van der Waals surface area contributed by atoms with E-state index in [2.05, 4.69) is 19.4 Å². The van der Waals surface area contributed by atoms with Crippen LogP contribution in [0.3, 0.4) is 0 Å². The van der Waals surface area contributed by atoms with Gasteiger partial charge >= 0.3 is 30.6 Å². The first-order chi connectivity index (χ1) is 17.4. The summed E-state index contributed by atoms with van der Waals surface area (Å²) in [6.07, 6.45) is -29.3. The zero-order chi connectivity index (χ0) is 28.8. The highest BCUT2D eigenvalue weighted by Gasteiger charge is 2.72. The molecular formula is C20H17F11N2O5. The second-order valence-electron chi connectivity index (χ2n) is 7.25. The molecule has 1 aromatic carbocycles. The van der Waals surface area contributed by atoms with Crippen LogP contribution in [0.4, 0.5) is 48.3 Å². The summed E-state index contributed by atoms with van der Waals surface area (Å²) in [6.45, 7) is -2.75. The van der Waals surface area contributed by atoms with Crippen LogP contribution in [0.25, 0.3) is 11.4 Å². The molecule has 214 valence electrons. The molecule has 18 heteroatoms. The molecule has 0 radical (unpaired) electrons. The Morgan fingerprint density at radius 2 is 1.32 bits per heavy atom. The lowest BCUT2D eigenvalue weighted by atomic mass is 10.2. The van der Waals surface area contributed by atoms with Crippen molar-refractivity contribution in [2.45, 2.75) is 43.5 Å². The SMILES string of the molecule is Oc1cc(-c2ncccn2)ccc1OCCCCOCC(F)(F)OC(F)(F)C(F)(F)OC(F)(F)C(F)(F)F. The first kappa shape index (κ1) is 31.2. The molecule has 2 aromatic rings. The van der Waals surface area contributed by atoms with Crippen LogP contribution in [0.1, 0.15) is 12.8 Å². The summed E-state index contributed by atoms with van der Waals surface area (Å²) in [5, 5.41) is 10.0. The number of rotatable bonds is 14. The van der Waals surface area contributed by atoms with Gasteiger partial charge in [0, 0.05) is 24.6 Å². The van der Waals surface area contributed by atoms with Crippen molar-refractivity contribution >= 4 is 0 Å². The van der Waals surface area contributed by atoms with E-state index in [9.17, 15) is 53.4 Å². The molecule has 0 amide bonds. The van der Waals surface area contributed by atoms with Gasteiger partial charge in [-0.1, -0.05) is 0 Å². The van der Waals surface area contributed by atoms with Crippen molar-refractivity contribution in [3.05, 3.63) is 36.7 Å². The minimum atomic E-state index is -6.85. The highest BCUT2D eigenvalue weighted by Crippen LogP contribution is 2.47. The van der Waals surface area contributed by atoms with Gasteiger partial charge in [-0.05, 0) is 37.1 Å². The van der Waals surface area contributed by atoms with Crippen molar-refractivity contribution in [2.24, 2.45) is 0 Å². The molecule has 0 bridgehead atoms. The summed E-state index contributed by atoms with van der Waals surface area (Å²) >= 11 is 0. The molecule has 0 saturated heterocycles. The number of alkyl halides is 11. The first-order valence-corrected chi connectivity index (χ1v) is 10.2. The Bertz CT molecular complexity index is 1040. The van der Waals surface area contributed by atoms with Gasteiger partial charge in [-0.3, -0.25) is 0 Å². The van der Waals surface area contributed by atoms with Crippen LogP contribution in [0.2, 0.25) is 0 Å². The predicted molar refractivity (Wildman–Crippen MR) is 103 cm³/mol. The molecule has 0 unspecified atom stereocenters. The second-order valence-corrected chi connectivity index (χ2v) is 7.25. The lowest BCUT2D eigenvalue weighted by molar-refractivity contribution is -0.537. The maximum absolute atomic E-state index is 13.4. The number of unbranched alkanes of at least 4 members (excludes halogenated alkanes) is 1. The van der Waals surface area contributed by atoms with E-state index in [1.807, 2.05) is 0 Å². The molecule has 0 atom stereocenters. The molecule has 0 spiro atoms. The van der Waals surface area contributed by atoms with E-state index in [1.54, 1.807) is 16.9 Å². The zero-order valence-electron chi connectivity index (χ0n) is 18.6. The molecule has 0 aliphatic rings. The molecular weight excluding hydrogens is 557 g/mol. The second kappa shape index (κ2) is 11.8. The zero-order valence-corrected chi connectivity index (χ0v) is 18.6. The van der Waals surface area contributed by atoms with Gasteiger partial charge in [-0.15, -0.1) is 0 Å². The third-order valence-electron chi connectivity index (χ3n) is 4.20. The van der Waals surface area contributed by atoms with Crippen molar-refractivity contribution in [2.75, 3.05) is 19.8 Å². The Hall–Kier alpha value is -2.99. The van der Waals surface area contributed by atoms with Crippen LogP contribution in [0.5, 0.6) is 11.5 Å². The Labute approximate surface area is 206 Å². The van der Waals surface area contributed by atoms with E-state index >= 15 is 0 Å². The summed E-state index contributed by atoms with van der Waals surface area (Å²) in [5.41, 5.74) is 0.482. The molecule has 0 aliphatic heterocycles. The van der Waals surface area contributed by atoms with E-state index in [-0.39, 0.29) is 30.9 Å². The fraction of sp³-hybridized carbons (Fsp3) is 0.500. The number of ether oxygens (including phenoxy) is 4. The molecule has 0 aliphatic carbocycles. The summed E-state index contributed by atoms with van der Waals surface area (Å²) in [7, 11) is 0. The normalized spacial score (nSPS) is 13.6. The predicted octanol–water partition coefficient (Wildman–Crippen LogP) is 5.99. The van der Waals surface area contributed by atoms with E-state index in [0.29, 0.717) is 11.4 Å². The summed E-state index contributed by atoms with van der Waals surface area (Å²) < 4.78 is 154. The summed E-state index contributed by atoms with van der Waals surface area (Å²) in [4.78, 5) is 8.00. The number of phenolic OH excluding ortho intramolecular Hbond substituents is 1. The molecule has 2 rings (SSSR count). The lowest BCUT2D eigenvalue weighted by Crippen LogP contribution is -2.55. The van der Waals surface area contributed by atoms with Crippen LogP contribution in [0, 0.1) is 0 Å². The minimum Gasteiger partial charge on any atom is -0.504 e. The third-order valence-corrected chi connectivity index (χ3v) is 4.20. The minimum absolute atomic E-state index is 0.0482. The van der Waals surface area contributed by atoms with Gasteiger partial charge in [0.05, 0.1) is 6.61 Å². The van der Waals surface area contributed by atoms with Gasteiger partial charge in [-0.25, -0.2) is 19.4 Å². The number of nitrogens with zero attached hydrogens (tertiary/aromatic N) is 2. The number of phenols is 1. The fourth-order valence-corrected chi connectivity index (χ4v) is 2.46. The fourth-order valence-electron chi connectivity index (χ4n) is 2.46. The molecule has 7 nitrogen and oxygen atoms in total. The van der Waals surface area contributed by atoms with Crippen LogP contribution in [-0.4, -0.2) is 65.5 Å². The Balaban J connectivity index is 1.75. The standard InChI is InChI=1S/C20H17F11N2O5/c21-16(22,37-19(28,29)20(30,31)38-18(26,27)17(23,24)25)11-35-8-1-2-9-36-14-5-4-12(10-13(14)34)15-32-6-3-7-33-15/h3-7,10,34H,1-2,8-9,11H2. The van der Waals surface area contributed by atoms with Gasteiger partial charge < -0.3 is 14.6 Å². The number of benzene rings is 1. The average Bonchev–Trinajstić information content (AvgIpc) is 2.77. The van der Waals surface area contributed by atoms with Crippen LogP contribution >= 0.6 is 0 Å². The first-order valence-electron chi connectivity index (χ1n) is 10.2. The third kappa shape index (κ3) is 8.52. The van der Waals surface area contributed by atoms with E-state index in [1.165, 1.54) is 24.5 Å². The van der Waals surface area contributed by atoms with E-state index in [0.717, 1.165) is 0 Å². The number of hydrogen-bond donors (Lipinski definition) is 1. The molecule has 1 N–H and O–H groups in total. The lowest BCUT2D eigenvalue weighted by Gasteiger charge is -2.31. The highest BCUT2D eigenvalue weighted by molar-refractivity contribution is 5.60. The largest absolute Gasteiger partial charge is 0.504 e. The van der Waals surface area contributed by atoms with Crippen LogP contribution in [0.15, 0.2) is 36.7 Å². The van der Waals surface area contributed by atoms with Gasteiger partial charge in [0.2, 0.25) is 0 Å². The Morgan fingerprint density at radius 3 is 1.89 bits per heavy atom. The molecule has 38 heavy (non-hydrogen) atoms. The van der Waals surface area contributed by atoms with Crippen molar-refractivity contribution in [1.82, 2.24) is 9.97 Å². The number of aromatic hydroxyl groups is 1. The van der Waals surface area contributed by atoms with Crippen molar-refractivity contribution in [3.63, 3.8) is 0 Å². The highest BCUT2D eigenvalue weighted by atomic mass is 19.4. The van der Waals surface area contributed by atoms with Gasteiger partial charge in [0.25, 0.3) is 0 Å². The Morgan fingerprint density at radius 1 is 0.737 bits per heavy atom. The maximum Gasteiger partial charge on any atom is 0.483 e. The van der Waals surface area contributed by atoms with Gasteiger partial charge in [0.15, 0.2) is 17.3 Å². The monoisotopic (exact) mass is 574 g/mol. The maximum atomic E-state index is 13.4. The number of aromatic nitrogens is 2. The molecule has 1 aromatic heterocycles. The molecule has 0 fully saturated rings. The van der Waals surface area contributed by atoms with Crippen molar-refractivity contribution < 1.29 is 72.3 Å². The van der Waals surface area contributed by atoms with E-state index in [4.69, 9.17) is 4.74 Å². The average molecular weight is 574 g/mol. The van der Waals surface area contributed by atoms with Crippen LogP contribution in [-0.2, 0) is 14.2 Å². The summed E-state index contributed by atoms with van der Waals surface area (Å²) in [5.74, 6) is 0.116. The van der Waals surface area contributed by atoms with Crippen molar-refractivity contribution in [3.8, 4) is 22.9 Å². The van der Waals surface area contributed by atoms with E-state index < -0.39 is 43.8 Å². The van der Waals surface area contributed by atoms with Gasteiger partial charge in [0.1, 0.15) is 6.61 Å². The quantitative estimate of drug-likeness (QED) is 0.219. The number of halogens is 11. The molecule has 1 heterocycles.